The lowest BCUT2D eigenvalue weighted by molar-refractivity contribution is -0.121. The predicted molar refractivity (Wildman–Crippen MR) is 128 cm³/mol. The molecule has 0 bridgehead atoms. The zero-order chi connectivity index (χ0) is 27.3. The molecule has 0 unspecified atom stereocenters. The summed E-state index contributed by atoms with van der Waals surface area (Å²) >= 11 is 0. The Hall–Kier alpha value is -3.96. The molecule has 0 radical (unpaired) electrons. The number of aromatic nitrogens is 6. The van der Waals surface area contributed by atoms with Crippen LogP contribution in [0.4, 0.5) is 13.2 Å². The molecule has 3 aromatic heterocycles. The van der Waals surface area contributed by atoms with Crippen LogP contribution in [0.25, 0.3) is 27.7 Å². The first-order valence-electron chi connectivity index (χ1n) is 12.5. The van der Waals surface area contributed by atoms with Gasteiger partial charge < -0.3 is 9.47 Å². The number of nitrogens with zero attached hydrogens (tertiary/aromatic N) is 8. The summed E-state index contributed by atoms with van der Waals surface area (Å²) in [6.07, 6.45) is -3.48. The largest absolute Gasteiger partial charge is 0.479 e. The van der Waals surface area contributed by atoms with Crippen molar-refractivity contribution in [3.63, 3.8) is 0 Å². The maximum absolute atomic E-state index is 15.2. The van der Waals surface area contributed by atoms with E-state index in [1.54, 1.807) is 24.3 Å². The molecule has 0 aliphatic carbocycles. The maximum Gasteiger partial charge on any atom is 0.258 e. The number of H-pyrrole nitrogens is 1. The van der Waals surface area contributed by atoms with E-state index in [1.165, 1.54) is 11.6 Å². The summed E-state index contributed by atoms with van der Waals surface area (Å²) in [5, 5.41) is 20.2. The number of rotatable bonds is 6. The number of methoxy groups -OCH3 is 1. The molecule has 11 nitrogen and oxygen atoms in total. The number of alkyl halides is 3. The van der Waals surface area contributed by atoms with Gasteiger partial charge in [0.1, 0.15) is 23.7 Å². The first-order chi connectivity index (χ1) is 18.8. The number of nitrogens with one attached hydrogen (secondary N) is 1. The second kappa shape index (κ2) is 9.41. The van der Waals surface area contributed by atoms with Gasteiger partial charge in [0.05, 0.1) is 39.3 Å². The average Bonchev–Trinajstić information content (AvgIpc) is 3.44. The van der Waals surface area contributed by atoms with Gasteiger partial charge in [0.15, 0.2) is 5.54 Å². The summed E-state index contributed by atoms with van der Waals surface area (Å²) in [6.45, 7) is 0.482. The van der Waals surface area contributed by atoms with E-state index in [-0.39, 0.29) is 37.4 Å². The molecule has 2 saturated heterocycles. The van der Waals surface area contributed by atoms with Crippen LogP contribution < -0.4 is 10.4 Å². The number of piperidine rings is 1. The lowest BCUT2D eigenvalue weighted by Gasteiger charge is -2.47. The van der Waals surface area contributed by atoms with Crippen LogP contribution in [0.3, 0.4) is 0 Å². The molecule has 1 aromatic carbocycles. The van der Waals surface area contributed by atoms with E-state index in [0.717, 1.165) is 4.68 Å². The molecule has 2 atom stereocenters. The minimum absolute atomic E-state index is 0.0569. The molecule has 4 aromatic rings. The topological polar surface area (TPSA) is 122 Å². The van der Waals surface area contributed by atoms with Crippen LogP contribution in [0.1, 0.15) is 7.79 Å². The van der Waals surface area contributed by atoms with Crippen molar-refractivity contribution in [2.75, 3.05) is 33.4 Å². The summed E-state index contributed by atoms with van der Waals surface area (Å²) in [7, 11) is 1.43. The Balaban J connectivity index is 1.36. The molecule has 5 heterocycles. The second-order valence-electron chi connectivity index (χ2n) is 9.38. The standard InChI is InChI=1S/C24H24F3N9O2/c1-37-22-21-15(14-2-3-18-19(8-14)36(33-31-18)10-20(26)27)4-7-35(21)32-23(30-22)29-17-5-6-34(9-16(17)25)24(11-28)12-38-13-24/h2-4,7-8,16-17,20H,5-6,9-10,12-13H2,1H3,(H,29,32)/t16-,17+/m1/s1/i7D. The van der Waals surface area contributed by atoms with Gasteiger partial charge in [-0.2, -0.15) is 10.2 Å². The normalized spacial score (nSPS) is 22.5. The van der Waals surface area contributed by atoms with Crippen LogP contribution in [-0.4, -0.2) is 92.1 Å². The zero-order valence-electron chi connectivity index (χ0n) is 21.3. The Labute approximate surface area is 215 Å². The van der Waals surface area contributed by atoms with Crippen LogP contribution in [0.5, 0.6) is 5.88 Å². The Morgan fingerprint density at radius 3 is 2.92 bits per heavy atom. The molecule has 0 spiro atoms. The molecule has 6 rings (SSSR count). The molecule has 1 N–H and O–H groups in total. The van der Waals surface area contributed by atoms with E-state index < -0.39 is 30.7 Å². The Bertz CT molecular complexity index is 1660. The number of ether oxygens (including phenoxy) is 2. The number of halogens is 3. The van der Waals surface area contributed by atoms with Crippen molar-refractivity contribution in [2.24, 2.45) is 4.99 Å². The fraction of sp³-hybridized carbons (Fsp3) is 0.458. The summed E-state index contributed by atoms with van der Waals surface area (Å²) in [5.74, 6) is 0.156. The van der Waals surface area contributed by atoms with E-state index >= 15 is 4.39 Å². The van der Waals surface area contributed by atoms with Crippen molar-refractivity contribution in [3.05, 3.63) is 36.1 Å². The first-order valence-corrected chi connectivity index (χ1v) is 12.0. The van der Waals surface area contributed by atoms with Crippen molar-refractivity contribution in [2.45, 2.75) is 37.1 Å². The minimum atomic E-state index is -2.59. The Morgan fingerprint density at radius 2 is 2.24 bits per heavy atom. The molecule has 0 amide bonds. The van der Waals surface area contributed by atoms with Gasteiger partial charge in [0.25, 0.3) is 6.43 Å². The quantitative estimate of drug-likeness (QED) is 0.406. The summed E-state index contributed by atoms with van der Waals surface area (Å²) in [6, 6.07) is 8.23. The summed E-state index contributed by atoms with van der Waals surface area (Å²) < 4.78 is 63.0. The van der Waals surface area contributed by atoms with E-state index in [0.29, 0.717) is 40.6 Å². The van der Waals surface area contributed by atoms with Gasteiger partial charge in [-0.1, -0.05) is 11.3 Å². The SMILES string of the molecule is [2H]c1cc(-c2ccc3nnn(CC(F)F)c3c2)c2c(OC)nc(=N[C@H]3CCN(C4(C#N)COC4)C[C@H]3F)[nH]n12. The highest BCUT2D eigenvalue weighted by Gasteiger charge is 2.47. The molecular weight excluding hydrogens is 503 g/mol. The van der Waals surface area contributed by atoms with Crippen LogP contribution in [-0.2, 0) is 11.3 Å². The minimum Gasteiger partial charge on any atom is -0.479 e. The summed E-state index contributed by atoms with van der Waals surface area (Å²) in [5.41, 5.74) is 1.82. The third-order valence-electron chi connectivity index (χ3n) is 7.06. The maximum atomic E-state index is 15.2. The van der Waals surface area contributed by atoms with Gasteiger partial charge in [-0.05, 0) is 30.2 Å². The van der Waals surface area contributed by atoms with E-state index in [2.05, 4.69) is 31.5 Å². The van der Waals surface area contributed by atoms with Crippen molar-refractivity contribution in [1.82, 2.24) is 34.5 Å². The number of fused-ring (bicyclic) bond motifs is 2. The molecule has 38 heavy (non-hydrogen) atoms. The highest BCUT2D eigenvalue weighted by Crippen LogP contribution is 2.32. The average molecular weight is 529 g/mol. The Morgan fingerprint density at radius 1 is 1.39 bits per heavy atom. The highest BCUT2D eigenvalue weighted by atomic mass is 19.3. The second-order valence-corrected chi connectivity index (χ2v) is 9.38. The monoisotopic (exact) mass is 528 g/mol. The fourth-order valence-corrected chi connectivity index (χ4v) is 4.97. The number of likely N-dealkylation sites (tertiary alicyclic amines) is 1. The molecule has 14 heteroatoms. The molecular formula is C24H24F3N9O2. The van der Waals surface area contributed by atoms with Gasteiger partial charge in [-0.3, -0.25) is 14.5 Å². The number of aromatic amines is 1. The van der Waals surface area contributed by atoms with Gasteiger partial charge in [0, 0.05) is 24.8 Å². The summed E-state index contributed by atoms with van der Waals surface area (Å²) in [4.78, 5) is 10.7. The Kier molecular flexibility index (Phi) is 5.74. The van der Waals surface area contributed by atoms with Crippen molar-refractivity contribution in [3.8, 4) is 23.1 Å². The van der Waals surface area contributed by atoms with Crippen LogP contribution in [0, 0.1) is 11.3 Å². The highest BCUT2D eigenvalue weighted by molar-refractivity contribution is 5.89. The van der Waals surface area contributed by atoms with E-state index in [4.69, 9.17) is 10.8 Å². The van der Waals surface area contributed by atoms with Crippen LogP contribution >= 0.6 is 0 Å². The fourth-order valence-electron chi connectivity index (χ4n) is 4.97. The van der Waals surface area contributed by atoms with Crippen LogP contribution in [0.2, 0.25) is 0 Å². The number of benzene rings is 1. The third kappa shape index (κ3) is 4.07. The molecule has 2 fully saturated rings. The van der Waals surface area contributed by atoms with E-state index in [1.807, 2.05) is 4.90 Å². The zero-order valence-corrected chi connectivity index (χ0v) is 20.3. The van der Waals surface area contributed by atoms with Crippen LogP contribution in [0.15, 0.2) is 35.4 Å². The molecule has 0 saturated carbocycles. The molecule has 198 valence electrons. The van der Waals surface area contributed by atoms with Gasteiger partial charge in [-0.15, -0.1) is 5.10 Å². The number of hydrogen-bond donors (Lipinski definition) is 1. The third-order valence-corrected chi connectivity index (χ3v) is 7.06. The van der Waals surface area contributed by atoms with Crippen molar-refractivity contribution < 1.29 is 24.0 Å². The smallest absolute Gasteiger partial charge is 0.258 e. The number of nitriles is 1. The van der Waals surface area contributed by atoms with Crippen molar-refractivity contribution in [1.29, 1.82) is 5.26 Å². The van der Waals surface area contributed by atoms with Crippen molar-refractivity contribution >= 4 is 16.6 Å². The van der Waals surface area contributed by atoms with Gasteiger partial charge >= 0.3 is 0 Å². The van der Waals surface area contributed by atoms with Gasteiger partial charge in [-0.25, -0.2) is 22.8 Å². The predicted octanol–water partition coefficient (Wildman–Crippen LogP) is 1.95. The first kappa shape index (κ1) is 23.2. The lowest BCUT2D eigenvalue weighted by Crippen LogP contribution is -2.65. The van der Waals surface area contributed by atoms with Gasteiger partial charge in [0.2, 0.25) is 11.5 Å². The molecule has 2 aliphatic rings. The van der Waals surface area contributed by atoms with E-state index in [9.17, 15) is 14.0 Å². The lowest BCUT2D eigenvalue weighted by atomic mass is 9.92. The number of hydrogen-bond acceptors (Lipinski definition) is 8. The molecule has 2 aliphatic heterocycles.